The first-order valence-corrected chi connectivity index (χ1v) is 12.0. The Morgan fingerprint density at radius 3 is 2.50 bits per heavy atom. The Hall–Kier alpha value is -2.38. The SMILES string of the molecule is CN=S1NC(C(C)CCc2ccccc2)CCC(=C\c2cc(F)c(F)c(F)c2)/C1=C\NC. The van der Waals surface area contributed by atoms with Gasteiger partial charge in [-0.25, -0.2) is 22.3 Å². The molecule has 0 aromatic heterocycles. The van der Waals surface area contributed by atoms with Gasteiger partial charge in [-0.15, -0.1) is 0 Å². The van der Waals surface area contributed by atoms with Gasteiger partial charge < -0.3 is 5.32 Å². The number of halogens is 3. The Labute approximate surface area is 191 Å². The molecule has 1 heterocycles. The fraction of sp³-hybridized carbons (Fsp3) is 0.360. The molecule has 0 amide bonds. The molecule has 0 saturated carbocycles. The van der Waals surface area contributed by atoms with Crippen molar-refractivity contribution >= 4 is 17.0 Å². The van der Waals surface area contributed by atoms with Crippen molar-refractivity contribution in [3.8, 4) is 0 Å². The predicted octanol–water partition coefficient (Wildman–Crippen LogP) is 5.92. The van der Waals surface area contributed by atoms with Gasteiger partial charge in [0.05, 0.1) is 4.91 Å². The summed E-state index contributed by atoms with van der Waals surface area (Å²) in [6.45, 7) is 2.25. The molecule has 0 bridgehead atoms. The highest BCUT2D eigenvalue weighted by atomic mass is 32.2. The maximum atomic E-state index is 13.8. The Morgan fingerprint density at radius 2 is 1.88 bits per heavy atom. The van der Waals surface area contributed by atoms with Crippen LogP contribution < -0.4 is 10.0 Å². The van der Waals surface area contributed by atoms with Gasteiger partial charge in [-0.2, -0.15) is 0 Å². The van der Waals surface area contributed by atoms with E-state index in [1.165, 1.54) is 5.56 Å². The fourth-order valence-corrected chi connectivity index (χ4v) is 5.60. The zero-order chi connectivity index (χ0) is 23.1. The summed E-state index contributed by atoms with van der Waals surface area (Å²) in [5.41, 5.74) is 2.56. The second kappa shape index (κ2) is 11.5. The van der Waals surface area contributed by atoms with E-state index in [-0.39, 0.29) is 6.04 Å². The minimum atomic E-state index is -1.45. The third-order valence-corrected chi connectivity index (χ3v) is 7.42. The van der Waals surface area contributed by atoms with Crippen molar-refractivity contribution in [3.63, 3.8) is 0 Å². The zero-order valence-corrected chi connectivity index (χ0v) is 19.5. The molecule has 7 heteroatoms. The molecular formula is C25H30F3N3S. The summed E-state index contributed by atoms with van der Waals surface area (Å²) in [7, 11) is 3.00. The van der Waals surface area contributed by atoms with E-state index in [1.54, 1.807) is 13.1 Å². The molecule has 172 valence electrons. The van der Waals surface area contributed by atoms with Crippen LogP contribution in [0, 0.1) is 23.4 Å². The number of rotatable bonds is 6. The van der Waals surface area contributed by atoms with Gasteiger partial charge in [0.25, 0.3) is 0 Å². The predicted molar refractivity (Wildman–Crippen MR) is 127 cm³/mol. The number of aryl methyl sites for hydroxylation is 1. The van der Waals surface area contributed by atoms with Crippen LogP contribution in [0.15, 0.2) is 63.5 Å². The molecule has 3 nitrogen and oxygen atoms in total. The highest BCUT2D eigenvalue weighted by Crippen LogP contribution is 2.30. The Morgan fingerprint density at radius 1 is 1.19 bits per heavy atom. The van der Waals surface area contributed by atoms with Crippen LogP contribution >= 0.6 is 0 Å². The summed E-state index contributed by atoms with van der Waals surface area (Å²) >= 11 is 0. The van der Waals surface area contributed by atoms with Gasteiger partial charge in [-0.1, -0.05) is 43.3 Å². The standard InChI is InChI=1S/C25H30F3N3S/c1-17(9-10-18-7-5-4-6-8-18)23-12-11-20(24(16-29-2)32(30-3)31-23)13-19-14-21(26)25(28)22(27)15-19/h4-8,13-17,23,29H,9-12H2,1-3H3,(H,30,31)/b20-13+,24-16+. The summed E-state index contributed by atoms with van der Waals surface area (Å²) in [5, 5.41) is 3.06. The Balaban J connectivity index is 1.85. The van der Waals surface area contributed by atoms with Crippen molar-refractivity contribution in [2.24, 2.45) is 10.3 Å². The van der Waals surface area contributed by atoms with E-state index in [9.17, 15) is 13.2 Å². The normalized spacial score (nSPS) is 22.8. The first kappa shape index (κ1) is 24.3. The molecule has 0 spiro atoms. The quantitative estimate of drug-likeness (QED) is 0.524. The van der Waals surface area contributed by atoms with Gasteiger partial charge in [0.15, 0.2) is 17.5 Å². The van der Waals surface area contributed by atoms with Crippen LogP contribution in [0.3, 0.4) is 0 Å². The molecule has 2 N–H and O–H groups in total. The highest BCUT2D eigenvalue weighted by molar-refractivity contribution is 7.89. The van der Waals surface area contributed by atoms with E-state index in [2.05, 4.69) is 45.6 Å². The van der Waals surface area contributed by atoms with Crippen LogP contribution in [0.5, 0.6) is 0 Å². The maximum absolute atomic E-state index is 13.8. The second-order valence-electron chi connectivity index (χ2n) is 8.00. The summed E-state index contributed by atoms with van der Waals surface area (Å²) in [6, 6.07) is 12.7. The number of nitrogens with one attached hydrogen (secondary N) is 2. The van der Waals surface area contributed by atoms with Gasteiger partial charge in [0, 0.05) is 37.2 Å². The third kappa shape index (κ3) is 6.11. The average Bonchev–Trinajstić information content (AvgIpc) is 2.96. The number of benzene rings is 2. The lowest BCUT2D eigenvalue weighted by Gasteiger charge is -2.24. The van der Waals surface area contributed by atoms with Crippen molar-refractivity contribution in [1.82, 2.24) is 10.0 Å². The number of nitrogens with zero attached hydrogens (tertiary/aromatic N) is 1. The smallest absolute Gasteiger partial charge is 0.194 e. The molecular weight excluding hydrogens is 431 g/mol. The summed E-state index contributed by atoms with van der Waals surface area (Å²) < 4.78 is 49.1. The van der Waals surface area contributed by atoms with Crippen LogP contribution in [0.1, 0.15) is 37.3 Å². The van der Waals surface area contributed by atoms with Crippen LogP contribution in [0.4, 0.5) is 13.2 Å². The van der Waals surface area contributed by atoms with Crippen molar-refractivity contribution in [2.75, 3.05) is 14.1 Å². The van der Waals surface area contributed by atoms with Gasteiger partial charge in [-0.3, -0.25) is 0 Å². The third-order valence-electron chi connectivity index (χ3n) is 5.74. The average molecular weight is 462 g/mol. The fourth-order valence-electron chi connectivity index (χ4n) is 3.90. The molecule has 2 aromatic rings. The van der Waals surface area contributed by atoms with Crippen LogP contribution in [0.2, 0.25) is 0 Å². The van der Waals surface area contributed by atoms with Gasteiger partial charge in [0.2, 0.25) is 0 Å². The summed E-state index contributed by atoms with van der Waals surface area (Å²) in [4.78, 5) is 0.943. The lowest BCUT2D eigenvalue weighted by Crippen LogP contribution is -2.35. The second-order valence-corrected chi connectivity index (χ2v) is 9.61. The maximum Gasteiger partial charge on any atom is 0.194 e. The molecule has 3 rings (SSSR count). The van der Waals surface area contributed by atoms with E-state index < -0.39 is 28.3 Å². The van der Waals surface area contributed by atoms with Crippen molar-refractivity contribution < 1.29 is 13.2 Å². The lowest BCUT2D eigenvalue weighted by molar-refractivity contribution is 0.389. The first-order valence-electron chi connectivity index (χ1n) is 10.8. The monoisotopic (exact) mass is 461 g/mol. The minimum absolute atomic E-state index is 0.249. The van der Waals surface area contributed by atoms with E-state index in [0.717, 1.165) is 48.3 Å². The van der Waals surface area contributed by atoms with Crippen LogP contribution in [0.25, 0.3) is 6.08 Å². The van der Waals surface area contributed by atoms with Crippen LogP contribution in [-0.4, -0.2) is 20.1 Å². The van der Waals surface area contributed by atoms with Crippen molar-refractivity contribution in [1.29, 1.82) is 0 Å². The summed E-state index contributed by atoms with van der Waals surface area (Å²) in [5.74, 6) is -3.40. The molecule has 0 radical (unpaired) electrons. The molecule has 1 aliphatic heterocycles. The molecule has 0 aliphatic carbocycles. The minimum Gasteiger partial charge on any atom is -0.393 e. The Kier molecular flexibility index (Phi) is 8.70. The summed E-state index contributed by atoms with van der Waals surface area (Å²) in [6.07, 6.45) is 7.25. The molecule has 1 aliphatic rings. The molecule has 32 heavy (non-hydrogen) atoms. The largest absolute Gasteiger partial charge is 0.393 e. The van der Waals surface area contributed by atoms with E-state index in [0.29, 0.717) is 11.5 Å². The van der Waals surface area contributed by atoms with Gasteiger partial charge in [0.1, 0.15) is 0 Å². The molecule has 2 aromatic carbocycles. The molecule has 1 saturated heterocycles. The highest BCUT2D eigenvalue weighted by Gasteiger charge is 2.26. The van der Waals surface area contributed by atoms with Crippen LogP contribution in [-0.2, 0) is 17.3 Å². The number of allylic oxidation sites excluding steroid dienone is 1. The lowest BCUT2D eigenvalue weighted by atomic mass is 9.90. The van der Waals surface area contributed by atoms with Crippen molar-refractivity contribution in [2.45, 2.75) is 38.6 Å². The zero-order valence-electron chi connectivity index (χ0n) is 18.7. The van der Waals surface area contributed by atoms with E-state index in [4.69, 9.17) is 0 Å². The first-order chi connectivity index (χ1) is 15.4. The number of hydrogen-bond donors (Lipinski definition) is 2. The number of hydrogen-bond acceptors (Lipinski definition) is 2. The van der Waals surface area contributed by atoms with E-state index in [1.807, 2.05) is 19.3 Å². The van der Waals surface area contributed by atoms with Gasteiger partial charge in [-0.05, 0) is 60.4 Å². The topological polar surface area (TPSA) is 36.4 Å². The van der Waals surface area contributed by atoms with Crippen molar-refractivity contribution in [3.05, 3.63) is 87.7 Å². The Bertz CT molecular complexity index is 995. The van der Waals surface area contributed by atoms with Gasteiger partial charge >= 0.3 is 0 Å². The molecule has 3 unspecified atom stereocenters. The molecule has 1 fully saturated rings. The molecule has 3 atom stereocenters. The van der Waals surface area contributed by atoms with E-state index >= 15 is 0 Å².